The van der Waals surface area contributed by atoms with Crippen molar-refractivity contribution in [3.05, 3.63) is 53.6 Å². The molecule has 0 spiro atoms. The van der Waals surface area contributed by atoms with Gasteiger partial charge in [-0.05, 0) is 30.7 Å². The van der Waals surface area contributed by atoms with E-state index in [1.807, 2.05) is 13.8 Å². The summed E-state index contributed by atoms with van der Waals surface area (Å²) in [6.45, 7) is 5.41. The van der Waals surface area contributed by atoms with Crippen molar-refractivity contribution in [1.29, 1.82) is 0 Å². The second kappa shape index (κ2) is 13.5. The fourth-order valence-electron chi connectivity index (χ4n) is 1.16. The van der Waals surface area contributed by atoms with Gasteiger partial charge in [0.1, 0.15) is 11.6 Å². The Morgan fingerprint density at radius 2 is 1.70 bits per heavy atom. The standard InChI is InChI=1S/C13H13FO2.C2H6.CH3F/c1-10(15)9-13(16)4-2-3-11-5-7-12(14)8-6-11;2*1-2/h2-8,16H,9H2,1H3;1-2H3;1H3/b3-2+,13-4-;;. The van der Waals surface area contributed by atoms with Gasteiger partial charge in [-0.2, -0.15) is 0 Å². The molecule has 0 saturated heterocycles. The molecular formula is C16H22F2O2. The number of ketones is 1. The lowest BCUT2D eigenvalue weighted by atomic mass is 10.2. The summed E-state index contributed by atoms with van der Waals surface area (Å²) < 4.78 is 22.1. The zero-order chi connectivity index (χ0) is 16.0. The number of benzene rings is 1. The van der Waals surface area contributed by atoms with Crippen molar-refractivity contribution in [2.24, 2.45) is 0 Å². The molecule has 0 fully saturated rings. The van der Waals surface area contributed by atoms with Crippen molar-refractivity contribution in [3.63, 3.8) is 0 Å². The van der Waals surface area contributed by atoms with E-state index >= 15 is 0 Å². The second-order valence-electron chi connectivity index (χ2n) is 3.45. The van der Waals surface area contributed by atoms with Gasteiger partial charge in [-0.3, -0.25) is 9.18 Å². The predicted molar refractivity (Wildman–Crippen MR) is 79.8 cm³/mol. The predicted octanol–water partition coefficient (Wildman–Crippen LogP) is 4.87. The molecular weight excluding hydrogens is 262 g/mol. The van der Waals surface area contributed by atoms with Crippen LogP contribution in [-0.4, -0.2) is 18.1 Å². The SMILES string of the molecule is CC.CC(=O)C/C(O)=C/C=C/c1ccc(F)cc1.CF. The highest BCUT2D eigenvalue weighted by Gasteiger charge is 1.95. The molecule has 1 aromatic rings. The summed E-state index contributed by atoms with van der Waals surface area (Å²) in [5.41, 5.74) is 0.827. The monoisotopic (exact) mass is 284 g/mol. The second-order valence-corrected chi connectivity index (χ2v) is 3.45. The van der Waals surface area contributed by atoms with Crippen molar-refractivity contribution in [3.8, 4) is 0 Å². The van der Waals surface area contributed by atoms with Gasteiger partial charge in [0.15, 0.2) is 0 Å². The van der Waals surface area contributed by atoms with E-state index < -0.39 is 0 Å². The number of aliphatic hydroxyl groups excluding tert-OH is 1. The van der Waals surface area contributed by atoms with E-state index in [9.17, 15) is 18.7 Å². The van der Waals surface area contributed by atoms with Crippen LogP contribution in [0.2, 0.25) is 0 Å². The first kappa shape index (κ1) is 20.3. The lowest BCUT2D eigenvalue weighted by Gasteiger charge is -1.93. The number of carbonyl (C=O) groups excluding carboxylic acids is 1. The first-order valence-corrected chi connectivity index (χ1v) is 6.27. The number of hydrogen-bond acceptors (Lipinski definition) is 2. The van der Waals surface area contributed by atoms with Gasteiger partial charge >= 0.3 is 0 Å². The molecule has 2 nitrogen and oxygen atoms in total. The number of carbonyl (C=O) groups is 1. The molecule has 0 unspecified atom stereocenters. The van der Waals surface area contributed by atoms with Crippen LogP contribution in [0.3, 0.4) is 0 Å². The number of rotatable bonds is 4. The van der Waals surface area contributed by atoms with E-state index in [1.54, 1.807) is 24.3 Å². The molecule has 1 N–H and O–H groups in total. The Morgan fingerprint density at radius 1 is 1.20 bits per heavy atom. The summed E-state index contributed by atoms with van der Waals surface area (Å²) in [5.74, 6) is -0.359. The number of halogens is 2. The molecule has 0 saturated carbocycles. The molecule has 0 aliphatic carbocycles. The number of alkyl halides is 1. The summed E-state index contributed by atoms with van der Waals surface area (Å²) in [6, 6.07) is 5.97. The number of allylic oxidation sites excluding steroid dienone is 3. The van der Waals surface area contributed by atoms with Crippen LogP contribution in [0, 0.1) is 5.82 Å². The molecule has 20 heavy (non-hydrogen) atoms. The van der Waals surface area contributed by atoms with Gasteiger partial charge in [-0.1, -0.05) is 38.1 Å². The van der Waals surface area contributed by atoms with Crippen LogP contribution < -0.4 is 0 Å². The van der Waals surface area contributed by atoms with Crippen LogP contribution in [-0.2, 0) is 4.79 Å². The fraction of sp³-hybridized carbons (Fsp3) is 0.312. The number of hydrogen-bond donors (Lipinski definition) is 1. The van der Waals surface area contributed by atoms with Gasteiger partial charge in [0.25, 0.3) is 0 Å². The van der Waals surface area contributed by atoms with Gasteiger partial charge in [-0.25, -0.2) is 4.39 Å². The molecule has 0 bridgehead atoms. The molecule has 112 valence electrons. The fourth-order valence-corrected chi connectivity index (χ4v) is 1.16. The molecule has 0 heterocycles. The maximum absolute atomic E-state index is 12.6. The average molecular weight is 284 g/mol. The van der Waals surface area contributed by atoms with Gasteiger partial charge in [0.2, 0.25) is 0 Å². The Morgan fingerprint density at radius 3 is 2.15 bits per heavy atom. The summed E-state index contributed by atoms with van der Waals surface area (Å²) in [4.78, 5) is 10.7. The van der Waals surface area contributed by atoms with Crippen LogP contribution in [0.4, 0.5) is 8.78 Å². The lowest BCUT2D eigenvalue weighted by Crippen LogP contribution is -1.91. The maximum atomic E-state index is 12.6. The van der Waals surface area contributed by atoms with Crippen molar-refractivity contribution < 1.29 is 18.7 Å². The van der Waals surface area contributed by atoms with Crippen molar-refractivity contribution in [1.82, 2.24) is 0 Å². The third-order valence-electron chi connectivity index (χ3n) is 1.88. The Labute approximate surface area is 119 Å². The Hall–Kier alpha value is -1.97. The van der Waals surface area contributed by atoms with Crippen LogP contribution >= 0.6 is 0 Å². The van der Waals surface area contributed by atoms with Crippen LogP contribution in [0.15, 0.2) is 42.2 Å². The highest BCUT2D eigenvalue weighted by Crippen LogP contribution is 2.05. The zero-order valence-electron chi connectivity index (χ0n) is 12.4. The first-order chi connectivity index (χ1) is 9.58. The minimum absolute atomic E-state index is 0.0193. The summed E-state index contributed by atoms with van der Waals surface area (Å²) in [5, 5.41) is 9.27. The average Bonchev–Trinajstić information content (AvgIpc) is 2.45. The van der Waals surface area contributed by atoms with E-state index in [0.29, 0.717) is 7.18 Å². The smallest absolute Gasteiger partial charge is 0.137 e. The molecule has 0 radical (unpaired) electrons. The first-order valence-electron chi connectivity index (χ1n) is 6.27. The molecule has 0 aromatic heterocycles. The van der Waals surface area contributed by atoms with Crippen molar-refractivity contribution in [2.45, 2.75) is 27.2 Å². The van der Waals surface area contributed by atoms with Crippen LogP contribution in [0.5, 0.6) is 0 Å². The normalized spacial score (nSPS) is 10.2. The van der Waals surface area contributed by atoms with Gasteiger partial charge in [0.05, 0.1) is 19.4 Å². The number of aliphatic hydroxyl groups is 1. The summed E-state index contributed by atoms with van der Waals surface area (Å²) in [6.07, 6.45) is 4.82. The van der Waals surface area contributed by atoms with E-state index in [2.05, 4.69) is 0 Å². The van der Waals surface area contributed by atoms with E-state index in [-0.39, 0.29) is 23.8 Å². The zero-order valence-corrected chi connectivity index (χ0v) is 12.4. The lowest BCUT2D eigenvalue weighted by molar-refractivity contribution is -0.116. The Bertz CT molecular complexity index is 421. The highest BCUT2D eigenvalue weighted by atomic mass is 19.1. The maximum Gasteiger partial charge on any atom is 0.137 e. The van der Waals surface area contributed by atoms with E-state index in [1.165, 1.54) is 25.1 Å². The highest BCUT2D eigenvalue weighted by molar-refractivity contribution is 5.77. The molecule has 0 aliphatic rings. The largest absolute Gasteiger partial charge is 0.512 e. The molecule has 1 rings (SSSR count). The van der Waals surface area contributed by atoms with Crippen LogP contribution in [0.25, 0.3) is 6.08 Å². The quantitative estimate of drug-likeness (QED) is 0.632. The minimum atomic E-state index is -0.285. The summed E-state index contributed by atoms with van der Waals surface area (Å²) >= 11 is 0. The molecule has 1 aromatic carbocycles. The molecule has 0 amide bonds. The molecule has 0 aliphatic heterocycles. The van der Waals surface area contributed by atoms with Crippen molar-refractivity contribution >= 4 is 11.9 Å². The topological polar surface area (TPSA) is 37.3 Å². The Kier molecular flexibility index (Phi) is 13.7. The third kappa shape index (κ3) is 11.1. The van der Waals surface area contributed by atoms with Crippen molar-refractivity contribution in [2.75, 3.05) is 7.18 Å². The molecule has 4 heteroatoms. The third-order valence-corrected chi connectivity index (χ3v) is 1.88. The van der Waals surface area contributed by atoms with Crippen LogP contribution in [0.1, 0.15) is 32.8 Å². The van der Waals surface area contributed by atoms with Gasteiger partial charge in [0, 0.05) is 0 Å². The minimum Gasteiger partial charge on any atom is -0.512 e. The summed E-state index contributed by atoms with van der Waals surface area (Å²) in [7, 11) is 0.500. The van der Waals surface area contributed by atoms with Gasteiger partial charge < -0.3 is 5.11 Å². The molecule has 0 atom stereocenters. The Balaban J connectivity index is 0. The van der Waals surface area contributed by atoms with E-state index in [0.717, 1.165) is 5.56 Å². The van der Waals surface area contributed by atoms with E-state index in [4.69, 9.17) is 0 Å². The van der Waals surface area contributed by atoms with Gasteiger partial charge in [-0.15, -0.1) is 0 Å². The number of Topliss-reactive ketones (excluding diaryl/α,β-unsaturated/α-hetero) is 1.